The van der Waals surface area contributed by atoms with Gasteiger partial charge in [0.25, 0.3) is 0 Å². The molecule has 0 saturated carbocycles. The number of para-hydroxylation sites is 1. The number of rotatable bonds is 8. The Hall–Kier alpha value is -4.07. The maximum atomic E-state index is 12.8. The van der Waals surface area contributed by atoms with E-state index in [1.807, 2.05) is 44.2 Å². The van der Waals surface area contributed by atoms with Crippen molar-refractivity contribution in [1.82, 2.24) is 14.8 Å². The Morgan fingerprint density at radius 3 is 2.47 bits per heavy atom. The predicted octanol–water partition coefficient (Wildman–Crippen LogP) is 4.77. The van der Waals surface area contributed by atoms with Gasteiger partial charge in [0.1, 0.15) is 22.9 Å². The zero-order valence-electron chi connectivity index (χ0n) is 20.0. The molecule has 2 aromatic carbocycles. The number of aryl methyl sites for hydroxylation is 3. The van der Waals surface area contributed by atoms with Crippen LogP contribution in [0.3, 0.4) is 0 Å². The lowest BCUT2D eigenvalue weighted by Gasteiger charge is -2.12. The van der Waals surface area contributed by atoms with E-state index < -0.39 is 0 Å². The fraction of sp³-hybridized carbons (Fsp3) is 0.269. The first-order valence-electron chi connectivity index (χ1n) is 10.9. The van der Waals surface area contributed by atoms with Gasteiger partial charge in [0.2, 0.25) is 5.91 Å². The predicted molar refractivity (Wildman–Crippen MR) is 132 cm³/mol. The Labute approximate surface area is 198 Å². The molecular formula is C26H28N4O4. The highest BCUT2D eigenvalue weighted by Gasteiger charge is 2.19. The number of benzene rings is 2. The number of ether oxygens (including phenoxy) is 3. The number of carbonyl (C=O) groups excluding carboxylic acids is 1. The zero-order valence-corrected chi connectivity index (χ0v) is 20.0. The molecule has 34 heavy (non-hydrogen) atoms. The Kier molecular flexibility index (Phi) is 6.67. The highest BCUT2D eigenvalue weighted by atomic mass is 16.5. The summed E-state index contributed by atoms with van der Waals surface area (Å²) in [6.45, 7) is 4.36. The number of methoxy groups -OCH3 is 3. The van der Waals surface area contributed by atoms with Gasteiger partial charge in [-0.05, 0) is 49.7 Å². The van der Waals surface area contributed by atoms with Gasteiger partial charge in [0, 0.05) is 23.7 Å². The Balaban J connectivity index is 1.65. The molecule has 0 fully saturated rings. The van der Waals surface area contributed by atoms with Crippen LogP contribution in [0.4, 0.5) is 5.69 Å². The highest BCUT2D eigenvalue weighted by molar-refractivity contribution is 5.96. The molecular weight excluding hydrogens is 432 g/mol. The Morgan fingerprint density at radius 1 is 0.971 bits per heavy atom. The summed E-state index contributed by atoms with van der Waals surface area (Å²) in [5.41, 5.74) is 4.92. The van der Waals surface area contributed by atoms with E-state index in [9.17, 15) is 4.79 Å². The number of pyridine rings is 1. The van der Waals surface area contributed by atoms with Crippen LogP contribution in [0.5, 0.6) is 17.2 Å². The molecule has 0 saturated heterocycles. The van der Waals surface area contributed by atoms with Gasteiger partial charge >= 0.3 is 0 Å². The van der Waals surface area contributed by atoms with Crippen LogP contribution < -0.4 is 19.5 Å². The van der Waals surface area contributed by atoms with E-state index in [1.165, 1.54) is 0 Å². The van der Waals surface area contributed by atoms with Crippen LogP contribution in [-0.4, -0.2) is 42.0 Å². The molecule has 176 valence electrons. The second kappa shape index (κ2) is 9.82. The molecule has 1 N–H and O–H groups in total. The SMILES string of the molecule is COc1ccc(OC)c(NC(=O)CCn2nc(-c3ccccc3OC)c3c(C)cc(C)nc32)c1. The quantitative estimate of drug-likeness (QED) is 0.408. The number of amides is 1. The number of nitrogens with one attached hydrogen (secondary N) is 1. The molecule has 4 aromatic rings. The minimum atomic E-state index is -0.168. The molecule has 0 atom stereocenters. The van der Waals surface area contributed by atoms with Crippen LogP contribution >= 0.6 is 0 Å². The summed E-state index contributed by atoms with van der Waals surface area (Å²) in [4.78, 5) is 17.6. The average molecular weight is 461 g/mol. The van der Waals surface area contributed by atoms with Gasteiger partial charge in [0.05, 0.1) is 38.9 Å². The lowest BCUT2D eigenvalue weighted by molar-refractivity contribution is -0.116. The zero-order chi connectivity index (χ0) is 24.2. The van der Waals surface area contributed by atoms with E-state index in [2.05, 4.69) is 5.32 Å². The van der Waals surface area contributed by atoms with Crippen molar-refractivity contribution in [3.05, 3.63) is 59.8 Å². The second-order valence-corrected chi connectivity index (χ2v) is 7.92. The van der Waals surface area contributed by atoms with E-state index in [0.29, 0.717) is 23.7 Å². The molecule has 2 aromatic heterocycles. The summed E-state index contributed by atoms with van der Waals surface area (Å²) in [5, 5.41) is 8.72. The number of carbonyl (C=O) groups is 1. The smallest absolute Gasteiger partial charge is 0.226 e. The first-order valence-corrected chi connectivity index (χ1v) is 10.9. The van der Waals surface area contributed by atoms with Crippen molar-refractivity contribution >= 4 is 22.6 Å². The molecule has 0 unspecified atom stereocenters. The number of hydrogen-bond donors (Lipinski definition) is 1. The van der Waals surface area contributed by atoms with Crippen molar-refractivity contribution in [3.63, 3.8) is 0 Å². The molecule has 8 heteroatoms. The molecule has 0 aliphatic heterocycles. The second-order valence-electron chi connectivity index (χ2n) is 7.92. The number of hydrogen-bond acceptors (Lipinski definition) is 6. The van der Waals surface area contributed by atoms with Gasteiger partial charge in [-0.25, -0.2) is 9.67 Å². The number of fused-ring (bicyclic) bond motifs is 1. The third-order valence-electron chi connectivity index (χ3n) is 5.62. The standard InChI is InChI=1S/C26H28N4O4/c1-16-14-17(2)27-26-24(16)25(19-8-6-7-9-21(19)33-4)29-30(26)13-12-23(31)28-20-15-18(32-3)10-11-22(20)34-5/h6-11,14-15H,12-13H2,1-5H3,(H,28,31). The monoisotopic (exact) mass is 460 g/mol. The fourth-order valence-electron chi connectivity index (χ4n) is 4.03. The molecule has 8 nitrogen and oxygen atoms in total. The molecule has 0 radical (unpaired) electrons. The van der Waals surface area contributed by atoms with Crippen molar-refractivity contribution in [2.75, 3.05) is 26.6 Å². The van der Waals surface area contributed by atoms with Crippen LogP contribution in [0.25, 0.3) is 22.3 Å². The van der Waals surface area contributed by atoms with E-state index in [4.69, 9.17) is 24.3 Å². The number of anilines is 1. The van der Waals surface area contributed by atoms with Gasteiger partial charge in [-0.15, -0.1) is 0 Å². The van der Waals surface area contributed by atoms with Crippen LogP contribution in [0, 0.1) is 13.8 Å². The topological polar surface area (TPSA) is 87.5 Å². The fourth-order valence-corrected chi connectivity index (χ4v) is 4.03. The largest absolute Gasteiger partial charge is 0.497 e. The van der Waals surface area contributed by atoms with E-state index in [1.54, 1.807) is 44.2 Å². The summed E-state index contributed by atoms with van der Waals surface area (Å²) in [7, 11) is 4.78. The van der Waals surface area contributed by atoms with Crippen LogP contribution in [0.15, 0.2) is 48.5 Å². The normalized spacial score (nSPS) is 10.9. The lowest BCUT2D eigenvalue weighted by Crippen LogP contribution is -2.16. The van der Waals surface area contributed by atoms with E-state index >= 15 is 0 Å². The van der Waals surface area contributed by atoms with E-state index in [-0.39, 0.29) is 12.3 Å². The molecule has 1 amide bonds. The van der Waals surface area contributed by atoms with Gasteiger partial charge in [0.15, 0.2) is 5.65 Å². The van der Waals surface area contributed by atoms with Crippen molar-refractivity contribution in [3.8, 4) is 28.5 Å². The molecule has 0 aliphatic carbocycles. The van der Waals surface area contributed by atoms with Gasteiger partial charge in [-0.2, -0.15) is 5.10 Å². The highest BCUT2D eigenvalue weighted by Crippen LogP contribution is 2.35. The third-order valence-corrected chi connectivity index (χ3v) is 5.62. The number of aromatic nitrogens is 3. The minimum Gasteiger partial charge on any atom is -0.497 e. The van der Waals surface area contributed by atoms with Gasteiger partial charge in [-0.3, -0.25) is 4.79 Å². The first kappa shape index (κ1) is 23.1. The van der Waals surface area contributed by atoms with Crippen LogP contribution in [-0.2, 0) is 11.3 Å². The minimum absolute atomic E-state index is 0.168. The summed E-state index contributed by atoms with van der Waals surface area (Å²) in [6.07, 6.45) is 0.206. The summed E-state index contributed by atoms with van der Waals surface area (Å²) in [5.74, 6) is 1.76. The molecule has 4 rings (SSSR count). The third kappa shape index (κ3) is 4.52. The first-order chi connectivity index (χ1) is 16.4. The van der Waals surface area contributed by atoms with Gasteiger partial charge in [-0.1, -0.05) is 12.1 Å². The van der Waals surface area contributed by atoms with Crippen molar-refractivity contribution in [2.24, 2.45) is 0 Å². The average Bonchev–Trinajstić information content (AvgIpc) is 3.21. The Morgan fingerprint density at radius 2 is 1.74 bits per heavy atom. The lowest BCUT2D eigenvalue weighted by atomic mass is 10.0. The number of nitrogens with zero attached hydrogens (tertiary/aromatic N) is 3. The van der Waals surface area contributed by atoms with Crippen molar-refractivity contribution in [2.45, 2.75) is 26.8 Å². The molecule has 0 spiro atoms. The molecule has 0 bridgehead atoms. The summed E-state index contributed by atoms with van der Waals surface area (Å²) < 4.78 is 18.0. The Bertz CT molecular complexity index is 1350. The van der Waals surface area contributed by atoms with Crippen molar-refractivity contribution in [1.29, 1.82) is 0 Å². The molecule has 0 aliphatic rings. The summed E-state index contributed by atoms with van der Waals surface area (Å²) >= 11 is 0. The molecule has 2 heterocycles. The summed E-state index contributed by atoms with van der Waals surface area (Å²) in [6, 6.07) is 15.1. The van der Waals surface area contributed by atoms with Crippen molar-refractivity contribution < 1.29 is 19.0 Å². The van der Waals surface area contributed by atoms with Gasteiger partial charge < -0.3 is 19.5 Å². The van der Waals surface area contributed by atoms with E-state index in [0.717, 1.165) is 39.3 Å². The maximum Gasteiger partial charge on any atom is 0.226 e. The van der Waals surface area contributed by atoms with Crippen LogP contribution in [0.1, 0.15) is 17.7 Å². The van der Waals surface area contributed by atoms with Crippen LogP contribution in [0.2, 0.25) is 0 Å². The maximum absolute atomic E-state index is 12.8.